The van der Waals surface area contributed by atoms with Gasteiger partial charge in [0.2, 0.25) is 0 Å². The molecule has 4 aromatic rings. The van der Waals surface area contributed by atoms with E-state index >= 15 is 0 Å². The van der Waals surface area contributed by atoms with Crippen molar-refractivity contribution in [2.24, 2.45) is 0 Å². The van der Waals surface area contributed by atoms with Gasteiger partial charge in [0.1, 0.15) is 5.52 Å². The largest absolute Gasteiger partial charge is 0.338 e. The minimum absolute atomic E-state index is 0.326. The van der Waals surface area contributed by atoms with Crippen LogP contribution in [0.1, 0.15) is 5.56 Å². The van der Waals surface area contributed by atoms with Crippen LogP contribution in [0.25, 0.3) is 22.1 Å². The smallest absolute Gasteiger partial charge is 0.263 e. The van der Waals surface area contributed by atoms with E-state index in [9.17, 15) is 0 Å². The summed E-state index contributed by atoms with van der Waals surface area (Å²) in [6.45, 7) is 2.02. The van der Waals surface area contributed by atoms with Crippen LogP contribution in [0.3, 0.4) is 0 Å². The van der Waals surface area contributed by atoms with Crippen molar-refractivity contribution in [2.75, 3.05) is 10.7 Å². The van der Waals surface area contributed by atoms with Gasteiger partial charge in [-0.3, -0.25) is 10.9 Å². The fourth-order valence-corrected chi connectivity index (χ4v) is 2.74. The zero-order chi connectivity index (χ0) is 17.2. The van der Waals surface area contributed by atoms with Gasteiger partial charge in [-0.15, -0.1) is 10.2 Å². The first-order chi connectivity index (χ1) is 12.2. The number of thiocarbonyl (C=S) groups is 1. The summed E-state index contributed by atoms with van der Waals surface area (Å²) < 4.78 is 0. The Morgan fingerprint density at radius 1 is 1.08 bits per heavy atom. The van der Waals surface area contributed by atoms with E-state index in [1.54, 1.807) is 0 Å². The van der Waals surface area contributed by atoms with Crippen LogP contribution in [0, 0.1) is 6.92 Å². The van der Waals surface area contributed by atoms with Gasteiger partial charge in [0.05, 0.1) is 0 Å². The van der Waals surface area contributed by atoms with E-state index in [1.807, 2.05) is 55.5 Å². The Bertz CT molecular complexity index is 1070. The standard InChI is InChI=1S/C17H15N7S/c1-10-5-4-6-11(9-10)18-17(25)24-23-16-20-15-14(21-22-16)12-7-2-3-8-13(12)19-15/h2-9H,1H3,(H2,18,24,25)(H2,19,20,22,23). The molecule has 0 aliphatic carbocycles. The Balaban J connectivity index is 1.47. The number of hydrazine groups is 1. The summed E-state index contributed by atoms with van der Waals surface area (Å²) in [5.41, 5.74) is 10.1. The molecule has 2 heterocycles. The molecule has 0 atom stereocenters. The van der Waals surface area contributed by atoms with Gasteiger partial charge in [-0.05, 0) is 42.9 Å². The number of nitrogens with one attached hydrogen (secondary N) is 4. The fourth-order valence-electron chi connectivity index (χ4n) is 2.57. The number of benzene rings is 2. The Kier molecular flexibility index (Phi) is 3.87. The summed E-state index contributed by atoms with van der Waals surface area (Å²) in [7, 11) is 0. The molecular formula is C17H15N7S. The summed E-state index contributed by atoms with van der Waals surface area (Å²) in [4.78, 5) is 7.64. The number of hydrogen-bond donors (Lipinski definition) is 4. The zero-order valence-electron chi connectivity index (χ0n) is 13.4. The molecule has 0 unspecified atom stereocenters. The highest BCUT2D eigenvalue weighted by atomic mass is 32.1. The highest BCUT2D eigenvalue weighted by Gasteiger charge is 2.08. The Morgan fingerprint density at radius 2 is 1.96 bits per heavy atom. The Morgan fingerprint density at radius 3 is 2.84 bits per heavy atom. The van der Waals surface area contributed by atoms with E-state index in [0.717, 1.165) is 27.7 Å². The zero-order valence-corrected chi connectivity index (χ0v) is 14.2. The molecule has 4 rings (SSSR count). The third-order valence-corrected chi connectivity index (χ3v) is 3.89. The molecule has 0 amide bonds. The maximum Gasteiger partial charge on any atom is 0.263 e. The molecule has 0 saturated carbocycles. The lowest BCUT2D eigenvalue weighted by Gasteiger charge is -2.11. The molecule has 0 spiro atoms. The lowest BCUT2D eigenvalue weighted by Crippen LogP contribution is -2.34. The van der Waals surface area contributed by atoms with Crippen LogP contribution >= 0.6 is 12.2 Å². The minimum atomic E-state index is 0.326. The topological polar surface area (TPSA) is 90.5 Å². The molecule has 7 nitrogen and oxygen atoms in total. The molecule has 0 fully saturated rings. The van der Waals surface area contributed by atoms with Gasteiger partial charge in [0, 0.05) is 16.6 Å². The molecule has 0 saturated heterocycles. The first-order valence-electron chi connectivity index (χ1n) is 7.70. The van der Waals surface area contributed by atoms with Crippen LogP contribution in [0.5, 0.6) is 0 Å². The highest BCUT2D eigenvalue weighted by molar-refractivity contribution is 7.80. The van der Waals surface area contributed by atoms with E-state index in [0.29, 0.717) is 16.7 Å². The summed E-state index contributed by atoms with van der Waals surface area (Å²) in [6, 6.07) is 15.8. The van der Waals surface area contributed by atoms with Crippen LogP contribution in [0.15, 0.2) is 48.5 Å². The third-order valence-electron chi connectivity index (χ3n) is 3.69. The van der Waals surface area contributed by atoms with Gasteiger partial charge in [0.25, 0.3) is 5.95 Å². The molecule has 2 aromatic carbocycles. The van der Waals surface area contributed by atoms with E-state index in [-0.39, 0.29) is 0 Å². The second kappa shape index (κ2) is 6.33. The Hall–Kier alpha value is -3.26. The van der Waals surface area contributed by atoms with Crippen molar-refractivity contribution in [2.45, 2.75) is 6.92 Å². The predicted molar refractivity (Wildman–Crippen MR) is 103 cm³/mol. The number of nitrogens with zero attached hydrogens (tertiary/aromatic N) is 3. The van der Waals surface area contributed by atoms with E-state index in [2.05, 4.69) is 36.3 Å². The number of hydrogen-bond acceptors (Lipinski definition) is 5. The van der Waals surface area contributed by atoms with Gasteiger partial charge in [-0.1, -0.05) is 30.3 Å². The third kappa shape index (κ3) is 3.20. The normalized spacial score (nSPS) is 10.8. The van der Waals surface area contributed by atoms with E-state index < -0.39 is 0 Å². The van der Waals surface area contributed by atoms with E-state index in [1.165, 1.54) is 0 Å². The molecule has 25 heavy (non-hydrogen) atoms. The van der Waals surface area contributed by atoms with Crippen LogP contribution in [0.4, 0.5) is 11.6 Å². The minimum Gasteiger partial charge on any atom is -0.338 e. The maximum atomic E-state index is 5.26. The van der Waals surface area contributed by atoms with Crippen molar-refractivity contribution < 1.29 is 0 Å². The molecule has 124 valence electrons. The van der Waals surface area contributed by atoms with E-state index in [4.69, 9.17) is 12.2 Å². The summed E-state index contributed by atoms with van der Waals surface area (Å²) >= 11 is 5.26. The fraction of sp³-hybridized carbons (Fsp3) is 0.0588. The van der Waals surface area contributed by atoms with Crippen molar-refractivity contribution in [1.82, 2.24) is 25.6 Å². The second-order valence-electron chi connectivity index (χ2n) is 5.58. The number of fused-ring (bicyclic) bond motifs is 3. The quantitative estimate of drug-likeness (QED) is 0.334. The maximum absolute atomic E-state index is 5.26. The van der Waals surface area contributed by atoms with Gasteiger partial charge >= 0.3 is 0 Å². The number of aryl methyl sites for hydroxylation is 1. The lowest BCUT2D eigenvalue weighted by molar-refractivity contribution is 0.972. The SMILES string of the molecule is Cc1cccc(NC(=S)NNc2nnc3c(n2)[nH]c2ccccc23)c1. The molecule has 8 heteroatoms. The van der Waals surface area contributed by atoms with Gasteiger partial charge in [0.15, 0.2) is 10.8 Å². The molecule has 2 aromatic heterocycles. The van der Waals surface area contributed by atoms with Crippen LogP contribution in [-0.4, -0.2) is 25.3 Å². The van der Waals surface area contributed by atoms with Crippen molar-refractivity contribution in [3.05, 3.63) is 54.1 Å². The molecule has 0 bridgehead atoms. The average Bonchev–Trinajstić information content (AvgIpc) is 2.98. The van der Waals surface area contributed by atoms with Crippen LogP contribution in [-0.2, 0) is 0 Å². The van der Waals surface area contributed by atoms with Crippen LogP contribution < -0.4 is 16.2 Å². The number of anilines is 2. The molecule has 0 aliphatic heterocycles. The van der Waals surface area contributed by atoms with Gasteiger partial charge in [-0.2, -0.15) is 4.98 Å². The highest BCUT2D eigenvalue weighted by Crippen LogP contribution is 2.21. The van der Waals surface area contributed by atoms with Crippen molar-refractivity contribution in [1.29, 1.82) is 0 Å². The van der Waals surface area contributed by atoms with Crippen LogP contribution in [0.2, 0.25) is 0 Å². The second-order valence-corrected chi connectivity index (χ2v) is 5.99. The number of aromatic amines is 1. The Labute approximate surface area is 148 Å². The molecule has 4 N–H and O–H groups in total. The average molecular weight is 349 g/mol. The number of H-pyrrole nitrogens is 1. The lowest BCUT2D eigenvalue weighted by atomic mass is 10.2. The first-order valence-corrected chi connectivity index (χ1v) is 8.11. The van der Waals surface area contributed by atoms with Crippen molar-refractivity contribution >= 4 is 51.0 Å². The summed E-state index contributed by atoms with van der Waals surface area (Å²) in [6.07, 6.45) is 0. The number of rotatable bonds is 3. The molecular weight excluding hydrogens is 334 g/mol. The van der Waals surface area contributed by atoms with Crippen molar-refractivity contribution in [3.63, 3.8) is 0 Å². The van der Waals surface area contributed by atoms with Gasteiger partial charge < -0.3 is 10.3 Å². The molecule has 0 aliphatic rings. The predicted octanol–water partition coefficient (Wildman–Crippen LogP) is 3.13. The van der Waals surface area contributed by atoms with Crippen molar-refractivity contribution in [3.8, 4) is 0 Å². The number of para-hydroxylation sites is 1. The first kappa shape index (κ1) is 15.3. The summed E-state index contributed by atoms with van der Waals surface area (Å²) in [5, 5.41) is 12.8. The number of aromatic nitrogens is 4. The summed E-state index contributed by atoms with van der Waals surface area (Å²) in [5.74, 6) is 0.326. The van der Waals surface area contributed by atoms with Gasteiger partial charge in [-0.25, -0.2) is 0 Å². The molecule has 0 radical (unpaired) electrons. The monoisotopic (exact) mass is 349 g/mol.